The standard InChI is InChI=1S/C19H22N4O5/c1-11(2)4-7-15-20-16(28-22-15)9-23-17(24)19(3,21-18(23)25)12-5-6-13-14(8-12)27-10-26-13/h5-6,8,11H,4,7,9-10H2,1-3H3,(H,21,25). The third kappa shape index (κ3) is 3.17. The van der Waals surface area contributed by atoms with Gasteiger partial charge in [0.05, 0.1) is 0 Å². The third-order valence-electron chi connectivity index (χ3n) is 4.97. The Morgan fingerprint density at radius 2 is 2.04 bits per heavy atom. The first-order chi connectivity index (χ1) is 13.4. The number of hydrogen-bond acceptors (Lipinski definition) is 7. The van der Waals surface area contributed by atoms with Gasteiger partial charge in [0, 0.05) is 6.42 Å². The molecule has 0 radical (unpaired) electrons. The van der Waals surface area contributed by atoms with Crippen molar-refractivity contribution in [3.05, 3.63) is 35.5 Å². The Bertz CT molecular complexity index is 925. The molecular weight excluding hydrogens is 364 g/mol. The Balaban J connectivity index is 1.51. The van der Waals surface area contributed by atoms with Crippen molar-refractivity contribution < 1.29 is 23.6 Å². The van der Waals surface area contributed by atoms with Crippen molar-refractivity contribution in [1.82, 2.24) is 20.4 Å². The highest BCUT2D eigenvalue weighted by molar-refractivity contribution is 6.07. The molecule has 148 valence electrons. The van der Waals surface area contributed by atoms with Gasteiger partial charge in [0.25, 0.3) is 5.91 Å². The first kappa shape index (κ1) is 18.3. The fourth-order valence-electron chi connectivity index (χ4n) is 3.25. The predicted octanol–water partition coefficient (Wildman–Crippen LogP) is 2.35. The summed E-state index contributed by atoms with van der Waals surface area (Å²) in [5, 5.41) is 6.68. The van der Waals surface area contributed by atoms with Crippen LogP contribution in [0.3, 0.4) is 0 Å². The van der Waals surface area contributed by atoms with Crippen LogP contribution in [0.15, 0.2) is 22.7 Å². The van der Waals surface area contributed by atoms with Crippen molar-refractivity contribution in [3.8, 4) is 11.5 Å². The second-order valence-electron chi connectivity index (χ2n) is 7.55. The molecule has 9 heteroatoms. The van der Waals surface area contributed by atoms with Crippen LogP contribution in [-0.4, -0.2) is 33.8 Å². The Hall–Kier alpha value is -3.10. The molecule has 0 saturated carbocycles. The summed E-state index contributed by atoms with van der Waals surface area (Å²) < 4.78 is 15.9. The van der Waals surface area contributed by atoms with Gasteiger partial charge in [-0.1, -0.05) is 25.1 Å². The topological polar surface area (TPSA) is 107 Å². The molecule has 0 spiro atoms. The number of urea groups is 1. The summed E-state index contributed by atoms with van der Waals surface area (Å²) in [4.78, 5) is 30.9. The molecule has 3 amide bonds. The minimum atomic E-state index is -1.21. The molecule has 1 fully saturated rings. The number of benzene rings is 1. The molecule has 0 aliphatic carbocycles. The number of ether oxygens (including phenoxy) is 2. The lowest BCUT2D eigenvalue weighted by Crippen LogP contribution is -2.40. The molecule has 1 aromatic heterocycles. The van der Waals surface area contributed by atoms with Crippen molar-refractivity contribution >= 4 is 11.9 Å². The van der Waals surface area contributed by atoms with E-state index < -0.39 is 17.5 Å². The molecule has 9 nitrogen and oxygen atoms in total. The van der Waals surface area contributed by atoms with Crippen LogP contribution in [0.1, 0.15) is 44.5 Å². The molecule has 1 saturated heterocycles. The lowest BCUT2D eigenvalue weighted by Gasteiger charge is -2.22. The molecule has 0 bridgehead atoms. The molecule has 28 heavy (non-hydrogen) atoms. The number of amides is 3. The van der Waals surface area contributed by atoms with Gasteiger partial charge in [-0.2, -0.15) is 4.98 Å². The second-order valence-corrected chi connectivity index (χ2v) is 7.55. The van der Waals surface area contributed by atoms with Crippen molar-refractivity contribution in [2.24, 2.45) is 5.92 Å². The van der Waals surface area contributed by atoms with E-state index in [0.717, 1.165) is 11.3 Å². The minimum absolute atomic E-state index is 0.0700. The van der Waals surface area contributed by atoms with Gasteiger partial charge in [-0.05, 0) is 37.0 Å². The summed E-state index contributed by atoms with van der Waals surface area (Å²) in [6.45, 7) is 5.96. The average molecular weight is 386 g/mol. The molecule has 2 aromatic rings. The van der Waals surface area contributed by atoms with Crippen LogP contribution in [0.2, 0.25) is 0 Å². The normalized spacial score (nSPS) is 20.9. The third-order valence-corrected chi connectivity index (χ3v) is 4.97. The van der Waals surface area contributed by atoms with Crippen LogP contribution in [0.5, 0.6) is 11.5 Å². The largest absolute Gasteiger partial charge is 0.454 e. The number of hydrogen-bond donors (Lipinski definition) is 1. The Morgan fingerprint density at radius 3 is 2.82 bits per heavy atom. The Morgan fingerprint density at radius 1 is 1.25 bits per heavy atom. The zero-order valence-corrected chi connectivity index (χ0v) is 16.0. The van der Waals surface area contributed by atoms with Gasteiger partial charge in [0.1, 0.15) is 12.1 Å². The molecule has 1 atom stereocenters. The number of nitrogens with one attached hydrogen (secondary N) is 1. The molecule has 4 rings (SSSR count). The molecule has 2 aliphatic heterocycles. The molecule has 1 aromatic carbocycles. The maximum atomic E-state index is 13.0. The van der Waals surface area contributed by atoms with E-state index in [4.69, 9.17) is 14.0 Å². The molecule has 1 N–H and O–H groups in total. The van der Waals surface area contributed by atoms with E-state index in [9.17, 15) is 9.59 Å². The van der Waals surface area contributed by atoms with E-state index in [1.807, 2.05) is 0 Å². The summed E-state index contributed by atoms with van der Waals surface area (Å²) in [5.41, 5.74) is -0.598. The number of rotatable bonds is 6. The van der Waals surface area contributed by atoms with Crippen molar-refractivity contribution in [2.75, 3.05) is 6.79 Å². The highest BCUT2D eigenvalue weighted by Crippen LogP contribution is 2.38. The molecule has 3 heterocycles. The number of aromatic nitrogens is 2. The fourth-order valence-corrected chi connectivity index (χ4v) is 3.25. The van der Waals surface area contributed by atoms with Gasteiger partial charge in [-0.3, -0.25) is 9.69 Å². The molecule has 2 aliphatic rings. The number of carbonyl (C=O) groups is 2. The molecular formula is C19H22N4O5. The number of fused-ring (bicyclic) bond motifs is 1. The van der Waals surface area contributed by atoms with Gasteiger partial charge >= 0.3 is 6.03 Å². The van der Waals surface area contributed by atoms with Crippen LogP contribution < -0.4 is 14.8 Å². The van der Waals surface area contributed by atoms with Crippen LogP contribution in [-0.2, 0) is 23.3 Å². The van der Waals surface area contributed by atoms with E-state index in [1.165, 1.54) is 0 Å². The monoisotopic (exact) mass is 386 g/mol. The summed E-state index contributed by atoms with van der Waals surface area (Å²) in [5.74, 6) is 2.10. The Kier molecular flexibility index (Phi) is 4.44. The second kappa shape index (κ2) is 6.81. The molecule has 1 unspecified atom stereocenters. The lowest BCUT2D eigenvalue weighted by atomic mass is 9.91. The number of carbonyl (C=O) groups excluding carboxylic acids is 2. The smallest absolute Gasteiger partial charge is 0.325 e. The zero-order valence-electron chi connectivity index (χ0n) is 16.0. The average Bonchev–Trinajstić information content (AvgIpc) is 3.35. The summed E-state index contributed by atoms with van der Waals surface area (Å²) >= 11 is 0. The van der Waals surface area contributed by atoms with Crippen molar-refractivity contribution in [2.45, 2.75) is 45.7 Å². The van der Waals surface area contributed by atoms with Crippen LogP contribution in [0.25, 0.3) is 0 Å². The van der Waals surface area contributed by atoms with Crippen LogP contribution in [0.4, 0.5) is 4.79 Å². The van der Waals surface area contributed by atoms with E-state index in [2.05, 4.69) is 29.3 Å². The van der Waals surface area contributed by atoms with Crippen LogP contribution >= 0.6 is 0 Å². The lowest BCUT2D eigenvalue weighted by molar-refractivity contribution is -0.131. The highest BCUT2D eigenvalue weighted by atomic mass is 16.7. The maximum absolute atomic E-state index is 13.0. The fraction of sp³-hybridized carbons (Fsp3) is 0.474. The van der Waals surface area contributed by atoms with Gasteiger partial charge in [0.2, 0.25) is 12.7 Å². The van der Waals surface area contributed by atoms with Gasteiger partial charge in [-0.25, -0.2) is 4.79 Å². The summed E-state index contributed by atoms with van der Waals surface area (Å²) in [7, 11) is 0. The number of aryl methyl sites for hydroxylation is 1. The first-order valence-electron chi connectivity index (χ1n) is 9.22. The Labute approximate surface area is 162 Å². The van der Waals surface area contributed by atoms with Crippen molar-refractivity contribution in [3.63, 3.8) is 0 Å². The van der Waals surface area contributed by atoms with E-state index in [0.29, 0.717) is 35.2 Å². The van der Waals surface area contributed by atoms with Gasteiger partial charge in [0.15, 0.2) is 17.3 Å². The van der Waals surface area contributed by atoms with E-state index in [-0.39, 0.29) is 19.2 Å². The summed E-state index contributed by atoms with van der Waals surface area (Å²) in [6.07, 6.45) is 1.63. The quantitative estimate of drug-likeness (QED) is 0.760. The van der Waals surface area contributed by atoms with E-state index >= 15 is 0 Å². The highest BCUT2D eigenvalue weighted by Gasteiger charge is 2.49. The summed E-state index contributed by atoms with van der Waals surface area (Å²) in [6, 6.07) is 4.67. The zero-order chi connectivity index (χ0) is 19.9. The minimum Gasteiger partial charge on any atom is -0.454 e. The van der Waals surface area contributed by atoms with Crippen molar-refractivity contribution in [1.29, 1.82) is 0 Å². The van der Waals surface area contributed by atoms with Crippen LogP contribution in [0, 0.1) is 5.92 Å². The van der Waals surface area contributed by atoms with E-state index in [1.54, 1.807) is 25.1 Å². The number of imide groups is 1. The van der Waals surface area contributed by atoms with Gasteiger partial charge < -0.3 is 19.3 Å². The predicted molar refractivity (Wildman–Crippen MR) is 96.5 cm³/mol. The number of nitrogens with zero attached hydrogens (tertiary/aromatic N) is 3. The van der Waals surface area contributed by atoms with Gasteiger partial charge in [-0.15, -0.1) is 0 Å². The SMILES string of the molecule is CC(C)CCc1noc(CN2C(=O)NC(C)(c3ccc4c(c3)OCO4)C2=O)n1. The maximum Gasteiger partial charge on any atom is 0.325 e. The first-order valence-corrected chi connectivity index (χ1v) is 9.22.